The third-order valence-electron chi connectivity index (χ3n) is 3.59. The first kappa shape index (κ1) is 16.4. The Kier molecular flexibility index (Phi) is 5.88. The van der Waals surface area contributed by atoms with E-state index in [1.54, 1.807) is 11.8 Å². The normalized spacial score (nSPS) is 12.2. The Labute approximate surface area is 123 Å². The summed E-state index contributed by atoms with van der Waals surface area (Å²) in [7, 11) is 0. The van der Waals surface area contributed by atoms with E-state index in [-0.39, 0.29) is 11.7 Å². The highest BCUT2D eigenvalue weighted by atomic mass is 32.2. The van der Waals surface area contributed by atoms with Gasteiger partial charge in [-0.1, -0.05) is 31.1 Å². The van der Waals surface area contributed by atoms with Gasteiger partial charge in [-0.25, -0.2) is 0 Å². The molecule has 0 heterocycles. The smallest absolute Gasteiger partial charge is 0.238 e. The summed E-state index contributed by atoms with van der Waals surface area (Å²) in [5.41, 5.74) is 5.48. The summed E-state index contributed by atoms with van der Waals surface area (Å²) in [4.78, 5) is 13.5. The Morgan fingerprint density at radius 3 is 2.50 bits per heavy atom. The molecule has 5 nitrogen and oxygen atoms in total. The van der Waals surface area contributed by atoms with Crippen molar-refractivity contribution in [1.82, 2.24) is 0 Å². The van der Waals surface area contributed by atoms with Crippen LogP contribution in [0.15, 0.2) is 34.3 Å². The van der Waals surface area contributed by atoms with Crippen molar-refractivity contribution >= 4 is 29.2 Å². The molecule has 0 aliphatic heterocycles. The molecule has 0 radical (unpaired) electrons. The van der Waals surface area contributed by atoms with Crippen molar-refractivity contribution in [2.45, 2.75) is 31.6 Å². The van der Waals surface area contributed by atoms with Crippen LogP contribution in [-0.2, 0) is 4.79 Å². The lowest BCUT2D eigenvalue weighted by molar-refractivity contribution is -0.122. The summed E-state index contributed by atoms with van der Waals surface area (Å²) in [5, 5.41) is 14.9. The molecule has 20 heavy (non-hydrogen) atoms. The van der Waals surface area contributed by atoms with Gasteiger partial charge in [-0.15, -0.1) is 11.8 Å². The van der Waals surface area contributed by atoms with Crippen LogP contribution in [0.1, 0.15) is 26.7 Å². The number of amides is 1. The minimum Gasteiger partial charge on any atom is -0.409 e. The second kappa shape index (κ2) is 7.19. The van der Waals surface area contributed by atoms with E-state index in [4.69, 9.17) is 10.9 Å². The number of oxime groups is 1. The number of thioether (sulfide) groups is 1. The fraction of sp³-hybridized carbons (Fsp3) is 0.429. The lowest BCUT2D eigenvalue weighted by Gasteiger charge is -2.28. The Bertz CT molecular complexity index is 499. The average molecular weight is 295 g/mol. The number of carbonyl (C=O) groups excluding carboxylic acids is 1. The fourth-order valence-corrected chi connectivity index (χ4v) is 2.69. The van der Waals surface area contributed by atoms with Gasteiger partial charge in [-0.05, 0) is 31.2 Å². The lowest BCUT2D eigenvalue weighted by Crippen LogP contribution is -2.46. The minimum atomic E-state index is -0.986. The number of anilines is 1. The standard InChI is InChI=1S/C14H21N3O2S/c1-4-14(5-2,12(15)17-19)13(18)16-10-8-6-7-9-11(10)20-3/h6-9,19H,4-5H2,1-3H3,(H2,15,17)(H,16,18). The number of amidine groups is 1. The van der Waals surface area contributed by atoms with E-state index in [2.05, 4.69) is 10.5 Å². The molecule has 4 N–H and O–H groups in total. The number of nitrogens with two attached hydrogens (primary N) is 1. The van der Waals surface area contributed by atoms with Crippen LogP contribution in [0.3, 0.4) is 0 Å². The molecule has 110 valence electrons. The highest BCUT2D eigenvalue weighted by Crippen LogP contribution is 2.31. The molecule has 0 aliphatic carbocycles. The zero-order valence-corrected chi connectivity index (χ0v) is 12.8. The molecule has 1 rings (SSSR count). The molecule has 0 atom stereocenters. The average Bonchev–Trinajstić information content (AvgIpc) is 2.49. The number of nitrogens with zero attached hydrogens (tertiary/aromatic N) is 1. The summed E-state index contributed by atoms with van der Waals surface area (Å²) >= 11 is 1.55. The molecule has 0 aromatic heterocycles. The van der Waals surface area contributed by atoms with Gasteiger partial charge in [0.05, 0.1) is 5.69 Å². The van der Waals surface area contributed by atoms with Crippen molar-refractivity contribution in [3.63, 3.8) is 0 Å². The minimum absolute atomic E-state index is 0.0540. The third-order valence-corrected chi connectivity index (χ3v) is 4.39. The Balaban J connectivity index is 3.09. The van der Waals surface area contributed by atoms with E-state index < -0.39 is 5.41 Å². The Morgan fingerprint density at radius 2 is 2.00 bits per heavy atom. The second-order valence-corrected chi connectivity index (χ2v) is 5.28. The van der Waals surface area contributed by atoms with Crippen molar-refractivity contribution in [2.24, 2.45) is 16.3 Å². The Hall–Kier alpha value is -1.69. The number of carbonyl (C=O) groups is 1. The molecule has 0 spiro atoms. The maximum atomic E-state index is 12.6. The zero-order valence-electron chi connectivity index (χ0n) is 12.0. The van der Waals surface area contributed by atoms with Gasteiger partial charge in [0.2, 0.25) is 5.91 Å². The molecule has 0 saturated carbocycles. The lowest BCUT2D eigenvalue weighted by atomic mass is 9.80. The van der Waals surface area contributed by atoms with Crippen molar-refractivity contribution in [2.75, 3.05) is 11.6 Å². The van der Waals surface area contributed by atoms with E-state index in [0.717, 1.165) is 10.6 Å². The molecule has 1 aromatic rings. The molecule has 0 fully saturated rings. The van der Waals surface area contributed by atoms with Crippen LogP contribution < -0.4 is 11.1 Å². The number of nitrogens with one attached hydrogen (secondary N) is 1. The molecule has 0 saturated heterocycles. The van der Waals surface area contributed by atoms with Gasteiger partial charge < -0.3 is 16.3 Å². The molecule has 0 unspecified atom stereocenters. The van der Waals surface area contributed by atoms with Gasteiger partial charge in [0.1, 0.15) is 5.41 Å². The number of hydrogen-bond acceptors (Lipinski definition) is 4. The van der Waals surface area contributed by atoms with Gasteiger partial charge >= 0.3 is 0 Å². The SMILES string of the molecule is CCC(CC)(C(=O)Nc1ccccc1SC)/C(N)=N/O. The van der Waals surface area contributed by atoms with Crippen LogP contribution in [0, 0.1) is 5.41 Å². The summed E-state index contributed by atoms with van der Waals surface area (Å²) in [5.74, 6) is -0.305. The first-order chi connectivity index (χ1) is 9.55. The summed E-state index contributed by atoms with van der Waals surface area (Å²) in [6.45, 7) is 3.70. The second-order valence-electron chi connectivity index (χ2n) is 4.43. The van der Waals surface area contributed by atoms with E-state index in [1.807, 2.05) is 44.4 Å². The van der Waals surface area contributed by atoms with Crippen molar-refractivity contribution in [3.8, 4) is 0 Å². The van der Waals surface area contributed by atoms with Gasteiger partial charge in [0.15, 0.2) is 5.84 Å². The molecule has 1 amide bonds. The highest BCUT2D eigenvalue weighted by Gasteiger charge is 2.40. The maximum Gasteiger partial charge on any atom is 0.238 e. The van der Waals surface area contributed by atoms with E-state index >= 15 is 0 Å². The summed E-state index contributed by atoms with van der Waals surface area (Å²) in [6.07, 6.45) is 2.88. The van der Waals surface area contributed by atoms with Crippen molar-refractivity contribution in [1.29, 1.82) is 0 Å². The predicted molar refractivity (Wildman–Crippen MR) is 83.3 cm³/mol. The number of rotatable bonds is 6. The van der Waals surface area contributed by atoms with E-state index in [1.165, 1.54) is 0 Å². The molecular weight excluding hydrogens is 274 g/mol. The van der Waals surface area contributed by atoms with Crippen LogP contribution >= 0.6 is 11.8 Å². The number of para-hydroxylation sites is 1. The third kappa shape index (κ3) is 3.07. The quantitative estimate of drug-likeness (QED) is 0.247. The summed E-state index contributed by atoms with van der Waals surface area (Å²) in [6, 6.07) is 7.55. The number of benzene rings is 1. The molecule has 1 aromatic carbocycles. The Morgan fingerprint density at radius 1 is 1.40 bits per heavy atom. The predicted octanol–water partition coefficient (Wildman–Crippen LogP) is 2.90. The molecule has 0 bridgehead atoms. The van der Waals surface area contributed by atoms with Crippen LogP contribution in [0.25, 0.3) is 0 Å². The van der Waals surface area contributed by atoms with Crippen LogP contribution in [0.5, 0.6) is 0 Å². The highest BCUT2D eigenvalue weighted by molar-refractivity contribution is 7.98. The zero-order chi connectivity index (χ0) is 15.2. The summed E-state index contributed by atoms with van der Waals surface area (Å²) < 4.78 is 0. The first-order valence-corrected chi connectivity index (χ1v) is 7.70. The molecule has 6 heteroatoms. The van der Waals surface area contributed by atoms with Crippen LogP contribution in [0.4, 0.5) is 5.69 Å². The van der Waals surface area contributed by atoms with Gasteiger partial charge in [-0.2, -0.15) is 0 Å². The number of hydrogen-bond donors (Lipinski definition) is 3. The van der Waals surface area contributed by atoms with Gasteiger partial charge in [0.25, 0.3) is 0 Å². The van der Waals surface area contributed by atoms with Crippen LogP contribution in [0.2, 0.25) is 0 Å². The topological polar surface area (TPSA) is 87.7 Å². The van der Waals surface area contributed by atoms with Gasteiger partial charge in [0, 0.05) is 4.90 Å². The molecule has 0 aliphatic rings. The molecular formula is C14H21N3O2S. The van der Waals surface area contributed by atoms with E-state index in [9.17, 15) is 4.79 Å². The van der Waals surface area contributed by atoms with Crippen molar-refractivity contribution in [3.05, 3.63) is 24.3 Å². The van der Waals surface area contributed by atoms with Crippen molar-refractivity contribution < 1.29 is 10.0 Å². The van der Waals surface area contributed by atoms with E-state index in [0.29, 0.717) is 12.8 Å². The van der Waals surface area contributed by atoms with Gasteiger partial charge in [-0.3, -0.25) is 4.79 Å². The fourth-order valence-electron chi connectivity index (χ4n) is 2.14. The largest absolute Gasteiger partial charge is 0.409 e. The first-order valence-electron chi connectivity index (χ1n) is 6.48. The maximum absolute atomic E-state index is 12.6. The van der Waals surface area contributed by atoms with Crippen LogP contribution in [-0.4, -0.2) is 23.2 Å². The monoisotopic (exact) mass is 295 g/mol.